The highest BCUT2D eigenvalue weighted by atomic mass is 16.5. The summed E-state index contributed by atoms with van der Waals surface area (Å²) < 4.78 is 10.5. The second kappa shape index (κ2) is 7.30. The third-order valence-corrected chi connectivity index (χ3v) is 4.30. The Hall–Kier alpha value is -2.95. The lowest BCUT2D eigenvalue weighted by Gasteiger charge is -2.17. The number of aromatic nitrogens is 1. The quantitative estimate of drug-likeness (QED) is 0.749. The second-order valence-electron chi connectivity index (χ2n) is 6.00. The molecule has 0 aliphatic rings. The summed E-state index contributed by atoms with van der Waals surface area (Å²) in [4.78, 5) is 17.6. The number of ether oxygens (including phenoxy) is 2. The monoisotopic (exact) mass is 338 g/mol. The van der Waals surface area contributed by atoms with Crippen LogP contribution in [-0.2, 0) is 17.8 Å². The van der Waals surface area contributed by atoms with E-state index in [1.54, 1.807) is 19.1 Å². The molecule has 0 fully saturated rings. The average molecular weight is 338 g/mol. The topological polar surface area (TPSA) is 54.6 Å². The van der Waals surface area contributed by atoms with E-state index in [1.807, 2.05) is 55.7 Å². The molecule has 0 saturated heterocycles. The molecule has 0 aliphatic heterocycles. The minimum absolute atomic E-state index is 0.0616. The fraction of sp³-hybridized carbons (Fsp3) is 0.250. The molecule has 0 atom stereocenters. The van der Waals surface area contributed by atoms with Crippen LogP contribution in [0, 0.1) is 0 Å². The van der Waals surface area contributed by atoms with Crippen molar-refractivity contribution in [2.45, 2.75) is 13.0 Å². The third kappa shape index (κ3) is 3.76. The van der Waals surface area contributed by atoms with E-state index in [0.29, 0.717) is 13.0 Å². The smallest absolute Gasteiger partial charge is 0.227 e. The van der Waals surface area contributed by atoms with Gasteiger partial charge in [-0.1, -0.05) is 12.1 Å². The van der Waals surface area contributed by atoms with Gasteiger partial charge in [0.25, 0.3) is 0 Å². The van der Waals surface area contributed by atoms with Crippen molar-refractivity contribution in [2.24, 2.45) is 0 Å². The number of methoxy groups -OCH3 is 2. The Morgan fingerprint density at radius 2 is 1.84 bits per heavy atom. The number of amides is 1. The highest BCUT2D eigenvalue weighted by Crippen LogP contribution is 2.24. The van der Waals surface area contributed by atoms with E-state index in [4.69, 9.17) is 9.47 Å². The summed E-state index contributed by atoms with van der Waals surface area (Å²) in [6, 6.07) is 13.6. The molecule has 0 aliphatic carbocycles. The maximum absolute atomic E-state index is 12.6. The van der Waals surface area contributed by atoms with Crippen molar-refractivity contribution in [1.29, 1.82) is 0 Å². The molecule has 1 heterocycles. The molecule has 0 radical (unpaired) electrons. The van der Waals surface area contributed by atoms with Crippen LogP contribution in [0.25, 0.3) is 10.9 Å². The van der Waals surface area contributed by atoms with Crippen molar-refractivity contribution in [2.75, 3.05) is 21.3 Å². The summed E-state index contributed by atoms with van der Waals surface area (Å²) in [7, 11) is 5.09. The Morgan fingerprint density at radius 1 is 1.08 bits per heavy atom. The normalized spacial score (nSPS) is 10.7. The van der Waals surface area contributed by atoms with Crippen LogP contribution in [-0.4, -0.2) is 37.1 Å². The average Bonchev–Trinajstić information content (AvgIpc) is 3.03. The molecule has 1 amide bonds. The summed E-state index contributed by atoms with van der Waals surface area (Å²) in [5.74, 6) is 1.64. The van der Waals surface area contributed by atoms with E-state index in [2.05, 4.69) is 4.98 Å². The number of hydrogen-bond acceptors (Lipinski definition) is 3. The zero-order valence-corrected chi connectivity index (χ0v) is 14.7. The molecule has 0 spiro atoms. The van der Waals surface area contributed by atoms with Gasteiger partial charge in [-0.2, -0.15) is 0 Å². The van der Waals surface area contributed by atoms with Crippen LogP contribution >= 0.6 is 0 Å². The zero-order chi connectivity index (χ0) is 17.8. The molecule has 5 nitrogen and oxygen atoms in total. The number of carbonyl (C=O) groups excluding carboxylic acids is 1. The largest absolute Gasteiger partial charge is 0.497 e. The van der Waals surface area contributed by atoms with Crippen LogP contribution < -0.4 is 9.47 Å². The third-order valence-electron chi connectivity index (χ3n) is 4.30. The number of fused-ring (bicyclic) bond motifs is 1. The van der Waals surface area contributed by atoms with Crippen LogP contribution in [0.3, 0.4) is 0 Å². The van der Waals surface area contributed by atoms with Crippen molar-refractivity contribution in [3.8, 4) is 11.5 Å². The van der Waals surface area contributed by atoms with Crippen molar-refractivity contribution in [3.63, 3.8) is 0 Å². The van der Waals surface area contributed by atoms with Gasteiger partial charge in [0, 0.05) is 30.7 Å². The van der Waals surface area contributed by atoms with Crippen molar-refractivity contribution in [1.82, 2.24) is 9.88 Å². The first-order valence-corrected chi connectivity index (χ1v) is 8.11. The molecular weight excluding hydrogens is 316 g/mol. The molecular formula is C20H22N2O3. The van der Waals surface area contributed by atoms with Crippen LogP contribution in [0.1, 0.15) is 11.1 Å². The highest BCUT2D eigenvalue weighted by Gasteiger charge is 2.14. The van der Waals surface area contributed by atoms with Gasteiger partial charge in [0.15, 0.2) is 0 Å². The Bertz CT molecular complexity index is 886. The van der Waals surface area contributed by atoms with Gasteiger partial charge in [0.1, 0.15) is 11.5 Å². The van der Waals surface area contributed by atoms with Crippen molar-refractivity contribution < 1.29 is 14.3 Å². The van der Waals surface area contributed by atoms with Crippen LogP contribution in [0.2, 0.25) is 0 Å². The van der Waals surface area contributed by atoms with E-state index in [1.165, 1.54) is 0 Å². The van der Waals surface area contributed by atoms with E-state index < -0.39 is 0 Å². The van der Waals surface area contributed by atoms with E-state index in [-0.39, 0.29) is 5.91 Å². The number of H-pyrrole nitrogens is 1. The molecule has 3 rings (SSSR count). The van der Waals surface area contributed by atoms with E-state index >= 15 is 0 Å². The molecule has 1 aromatic heterocycles. The maximum atomic E-state index is 12.6. The molecule has 0 bridgehead atoms. The first-order chi connectivity index (χ1) is 12.1. The lowest BCUT2D eigenvalue weighted by atomic mass is 10.1. The number of carbonyl (C=O) groups is 1. The standard InChI is InChI=1S/C20H22N2O3/c1-22(13-14-5-4-6-16(9-14)24-2)20(23)10-15-12-21-19-8-7-17(25-3)11-18(15)19/h4-9,11-12,21H,10,13H2,1-3H3. The molecule has 25 heavy (non-hydrogen) atoms. The van der Waals surface area contributed by atoms with Gasteiger partial charge in [-0.05, 0) is 41.5 Å². The molecule has 0 saturated carbocycles. The number of likely N-dealkylation sites (N-methyl/N-ethyl adjacent to an activating group) is 1. The van der Waals surface area contributed by atoms with E-state index in [9.17, 15) is 4.79 Å². The van der Waals surface area contributed by atoms with Gasteiger partial charge in [0.05, 0.1) is 20.6 Å². The first kappa shape index (κ1) is 16.9. The summed E-state index contributed by atoms with van der Waals surface area (Å²) in [6.45, 7) is 0.543. The Labute approximate surface area is 147 Å². The molecule has 5 heteroatoms. The van der Waals surface area contributed by atoms with Gasteiger partial charge in [-0.25, -0.2) is 0 Å². The number of nitrogens with one attached hydrogen (secondary N) is 1. The minimum atomic E-state index is 0.0616. The lowest BCUT2D eigenvalue weighted by molar-refractivity contribution is -0.129. The molecule has 1 N–H and O–H groups in total. The SMILES string of the molecule is COc1cccc(CN(C)C(=O)Cc2c[nH]c3ccc(OC)cc23)c1. The highest BCUT2D eigenvalue weighted by molar-refractivity contribution is 5.89. The maximum Gasteiger partial charge on any atom is 0.227 e. The molecule has 130 valence electrons. The predicted molar refractivity (Wildman–Crippen MR) is 98.0 cm³/mol. The van der Waals surface area contributed by atoms with Crippen LogP contribution in [0.15, 0.2) is 48.7 Å². The Kier molecular flexibility index (Phi) is 4.93. The summed E-state index contributed by atoms with van der Waals surface area (Å²) in [5.41, 5.74) is 3.01. The zero-order valence-electron chi connectivity index (χ0n) is 14.7. The van der Waals surface area contributed by atoms with Crippen LogP contribution in [0.5, 0.6) is 11.5 Å². The molecule has 3 aromatic rings. The lowest BCUT2D eigenvalue weighted by Crippen LogP contribution is -2.27. The van der Waals surface area contributed by atoms with Crippen molar-refractivity contribution >= 4 is 16.8 Å². The minimum Gasteiger partial charge on any atom is -0.497 e. The number of aromatic amines is 1. The van der Waals surface area contributed by atoms with E-state index in [0.717, 1.165) is 33.5 Å². The summed E-state index contributed by atoms with van der Waals surface area (Å²) in [6.07, 6.45) is 2.23. The van der Waals surface area contributed by atoms with Gasteiger partial charge >= 0.3 is 0 Å². The Morgan fingerprint density at radius 3 is 2.60 bits per heavy atom. The van der Waals surface area contributed by atoms with Gasteiger partial charge in [-0.3, -0.25) is 4.79 Å². The second-order valence-corrected chi connectivity index (χ2v) is 6.00. The van der Waals surface area contributed by atoms with Gasteiger partial charge in [0.2, 0.25) is 5.91 Å². The predicted octanol–water partition coefficient (Wildman–Crippen LogP) is 3.39. The summed E-state index contributed by atoms with van der Waals surface area (Å²) >= 11 is 0. The van der Waals surface area contributed by atoms with Crippen molar-refractivity contribution in [3.05, 3.63) is 59.8 Å². The van der Waals surface area contributed by atoms with Gasteiger partial charge in [-0.15, -0.1) is 0 Å². The number of benzene rings is 2. The number of hydrogen-bond donors (Lipinski definition) is 1. The molecule has 2 aromatic carbocycles. The Balaban J connectivity index is 1.73. The number of rotatable bonds is 6. The fourth-order valence-corrected chi connectivity index (χ4v) is 2.86. The first-order valence-electron chi connectivity index (χ1n) is 8.11. The molecule has 0 unspecified atom stereocenters. The van der Waals surface area contributed by atoms with Crippen LogP contribution in [0.4, 0.5) is 0 Å². The fourth-order valence-electron chi connectivity index (χ4n) is 2.86. The van der Waals surface area contributed by atoms with Gasteiger partial charge < -0.3 is 19.4 Å². The summed E-state index contributed by atoms with van der Waals surface area (Å²) in [5, 5.41) is 1.02. The number of nitrogens with zero attached hydrogens (tertiary/aromatic N) is 1.